The highest BCUT2D eigenvalue weighted by atomic mass is 35.5. The number of nitrogens with zero attached hydrogens (tertiary/aromatic N) is 2. The van der Waals surface area contributed by atoms with Crippen molar-refractivity contribution in [3.05, 3.63) is 64.8 Å². The summed E-state index contributed by atoms with van der Waals surface area (Å²) in [5, 5.41) is 7.29. The zero-order valence-electron chi connectivity index (χ0n) is 11.8. The van der Waals surface area contributed by atoms with Gasteiger partial charge in [-0.3, -0.25) is 0 Å². The maximum atomic E-state index is 13.0. The molecule has 4 nitrogen and oxygen atoms in total. The molecular formula is C16H13ClFN3O. The molecular weight excluding hydrogens is 305 g/mol. The molecule has 0 saturated carbocycles. The third-order valence-corrected chi connectivity index (χ3v) is 3.45. The molecule has 0 amide bonds. The predicted octanol–water partition coefficient (Wildman–Crippen LogP) is 4.45. The first-order chi connectivity index (χ1) is 10.6. The van der Waals surface area contributed by atoms with Gasteiger partial charge < -0.3 is 9.84 Å². The van der Waals surface area contributed by atoms with Gasteiger partial charge in [0, 0.05) is 5.56 Å². The fourth-order valence-corrected chi connectivity index (χ4v) is 2.18. The molecule has 0 radical (unpaired) electrons. The molecule has 2 aromatic carbocycles. The number of hydrogen-bond donors (Lipinski definition) is 1. The van der Waals surface area contributed by atoms with Crippen LogP contribution in [0.2, 0.25) is 5.02 Å². The Morgan fingerprint density at radius 1 is 1.18 bits per heavy atom. The molecule has 0 atom stereocenters. The molecule has 22 heavy (non-hydrogen) atoms. The highest BCUT2D eigenvalue weighted by Gasteiger charge is 2.09. The standard InChI is InChI=1S/C16H13ClFN3O/c1-10-2-4-11(5-3-10)16-20-15(22-21-16)9-19-14-7-6-12(18)8-13(14)17/h2-8,19H,9H2,1H3. The molecule has 1 N–H and O–H groups in total. The normalized spacial score (nSPS) is 10.7. The van der Waals surface area contributed by atoms with Gasteiger partial charge in [0.1, 0.15) is 5.82 Å². The predicted molar refractivity (Wildman–Crippen MR) is 83.2 cm³/mol. The molecule has 0 aliphatic heterocycles. The maximum Gasteiger partial charge on any atom is 0.246 e. The van der Waals surface area contributed by atoms with Crippen molar-refractivity contribution in [3.63, 3.8) is 0 Å². The number of rotatable bonds is 4. The van der Waals surface area contributed by atoms with Gasteiger partial charge in [-0.1, -0.05) is 46.6 Å². The number of hydrogen-bond acceptors (Lipinski definition) is 4. The topological polar surface area (TPSA) is 51.0 Å². The summed E-state index contributed by atoms with van der Waals surface area (Å²) in [5.41, 5.74) is 2.67. The van der Waals surface area contributed by atoms with Gasteiger partial charge in [0.2, 0.25) is 11.7 Å². The molecule has 1 heterocycles. The van der Waals surface area contributed by atoms with Crippen molar-refractivity contribution in [1.82, 2.24) is 10.1 Å². The lowest BCUT2D eigenvalue weighted by Gasteiger charge is -2.05. The quantitative estimate of drug-likeness (QED) is 0.772. The Balaban J connectivity index is 1.70. The van der Waals surface area contributed by atoms with Crippen LogP contribution in [0.1, 0.15) is 11.5 Å². The van der Waals surface area contributed by atoms with Gasteiger partial charge in [0.05, 0.1) is 17.3 Å². The van der Waals surface area contributed by atoms with Gasteiger partial charge in [-0.2, -0.15) is 4.98 Å². The van der Waals surface area contributed by atoms with Crippen LogP contribution in [-0.4, -0.2) is 10.1 Å². The van der Waals surface area contributed by atoms with E-state index in [-0.39, 0.29) is 5.82 Å². The summed E-state index contributed by atoms with van der Waals surface area (Å²) in [6.45, 7) is 2.33. The minimum atomic E-state index is -0.380. The Labute approximate surface area is 131 Å². The molecule has 1 aromatic heterocycles. The van der Waals surface area contributed by atoms with Crippen LogP contribution < -0.4 is 5.32 Å². The molecule has 0 spiro atoms. The number of halogens is 2. The second-order valence-corrected chi connectivity index (χ2v) is 5.26. The second-order valence-electron chi connectivity index (χ2n) is 4.86. The van der Waals surface area contributed by atoms with Crippen LogP contribution in [0.5, 0.6) is 0 Å². The van der Waals surface area contributed by atoms with Crippen molar-refractivity contribution in [2.45, 2.75) is 13.5 Å². The third kappa shape index (κ3) is 3.26. The molecule has 0 unspecified atom stereocenters. The van der Waals surface area contributed by atoms with Gasteiger partial charge in [-0.25, -0.2) is 4.39 Å². The van der Waals surface area contributed by atoms with Crippen molar-refractivity contribution < 1.29 is 8.91 Å². The molecule has 0 aliphatic carbocycles. The van der Waals surface area contributed by atoms with Crippen LogP contribution >= 0.6 is 11.6 Å². The molecule has 112 valence electrons. The highest BCUT2D eigenvalue weighted by molar-refractivity contribution is 6.33. The summed E-state index contributed by atoms with van der Waals surface area (Å²) in [6, 6.07) is 12.0. The molecule has 0 aliphatic rings. The van der Waals surface area contributed by atoms with Crippen molar-refractivity contribution in [2.24, 2.45) is 0 Å². The summed E-state index contributed by atoms with van der Waals surface area (Å²) in [7, 11) is 0. The zero-order chi connectivity index (χ0) is 15.5. The van der Waals surface area contributed by atoms with Crippen molar-refractivity contribution in [3.8, 4) is 11.4 Å². The van der Waals surface area contributed by atoms with E-state index >= 15 is 0 Å². The van der Waals surface area contributed by atoms with E-state index in [1.807, 2.05) is 31.2 Å². The molecule has 6 heteroatoms. The number of anilines is 1. The van der Waals surface area contributed by atoms with Gasteiger partial charge in [-0.05, 0) is 25.1 Å². The van der Waals surface area contributed by atoms with Crippen molar-refractivity contribution in [1.29, 1.82) is 0 Å². The van der Waals surface area contributed by atoms with E-state index in [0.717, 1.165) is 5.56 Å². The summed E-state index contributed by atoms with van der Waals surface area (Å²) >= 11 is 5.94. The number of aromatic nitrogens is 2. The fraction of sp³-hybridized carbons (Fsp3) is 0.125. The average Bonchev–Trinajstić information content (AvgIpc) is 2.96. The zero-order valence-corrected chi connectivity index (χ0v) is 12.6. The largest absolute Gasteiger partial charge is 0.375 e. The van der Waals surface area contributed by atoms with Gasteiger partial charge in [0.25, 0.3) is 0 Å². The first-order valence-electron chi connectivity index (χ1n) is 6.70. The van der Waals surface area contributed by atoms with Crippen molar-refractivity contribution in [2.75, 3.05) is 5.32 Å². The lowest BCUT2D eigenvalue weighted by atomic mass is 10.1. The Kier molecular flexibility index (Phi) is 4.06. The van der Waals surface area contributed by atoms with Crippen LogP contribution in [0, 0.1) is 12.7 Å². The summed E-state index contributed by atoms with van der Waals surface area (Å²) < 4.78 is 18.2. The smallest absolute Gasteiger partial charge is 0.246 e. The maximum absolute atomic E-state index is 13.0. The Morgan fingerprint density at radius 3 is 2.68 bits per heavy atom. The molecule has 3 rings (SSSR count). The second kappa shape index (κ2) is 6.15. The van der Waals surface area contributed by atoms with Crippen LogP contribution in [0.3, 0.4) is 0 Å². The highest BCUT2D eigenvalue weighted by Crippen LogP contribution is 2.23. The van der Waals surface area contributed by atoms with Crippen LogP contribution in [0.15, 0.2) is 47.0 Å². The minimum absolute atomic E-state index is 0.304. The van der Waals surface area contributed by atoms with Crippen LogP contribution in [-0.2, 0) is 6.54 Å². The number of nitrogens with one attached hydrogen (secondary N) is 1. The van der Waals surface area contributed by atoms with E-state index in [1.165, 1.54) is 17.7 Å². The molecule has 3 aromatic rings. The number of benzene rings is 2. The monoisotopic (exact) mass is 317 g/mol. The van der Waals surface area contributed by atoms with E-state index < -0.39 is 0 Å². The minimum Gasteiger partial charge on any atom is -0.375 e. The molecule has 0 fully saturated rings. The Bertz CT molecular complexity index is 786. The van der Waals surface area contributed by atoms with E-state index in [9.17, 15) is 4.39 Å². The summed E-state index contributed by atoms with van der Waals surface area (Å²) in [5.74, 6) is 0.577. The Hall–Kier alpha value is -2.40. The van der Waals surface area contributed by atoms with Gasteiger partial charge in [0.15, 0.2) is 0 Å². The molecule has 0 bridgehead atoms. The van der Waals surface area contributed by atoms with E-state index in [1.54, 1.807) is 6.07 Å². The van der Waals surface area contributed by atoms with Crippen LogP contribution in [0.4, 0.5) is 10.1 Å². The number of aryl methyl sites for hydroxylation is 1. The van der Waals surface area contributed by atoms with Crippen molar-refractivity contribution >= 4 is 17.3 Å². The first kappa shape index (κ1) is 14.5. The lowest BCUT2D eigenvalue weighted by molar-refractivity contribution is 0.384. The Morgan fingerprint density at radius 2 is 1.95 bits per heavy atom. The van der Waals surface area contributed by atoms with E-state index in [0.29, 0.717) is 29.0 Å². The molecule has 0 saturated heterocycles. The average molecular weight is 318 g/mol. The van der Waals surface area contributed by atoms with Gasteiger partial charge in [-0.15, -0.1) is 0 Å². The lowest BCUT2D eigenvalue weighted by Crippen LogP contribution is -2.00. The summed E-state index contributed by atoms with van der Waals surface area (Å²) in [6.07, 6.45) is 0. The van der Waals surface area contributed by atoms with E-state index in [4.69, 9.17) is 16.1 Å². The third-order valence-electron chi connectivity index (χ3n) is 3.14. The SMILES string of the molecule is Cc1ccc(-c2noc(CNc3ccc(F)cc3Cl)n2)cc1. The first-order valence-corrected chi connectivity index (χ1v) is 7.08. The fourth-order valence-electron chi connectivity index (χ4n) is 1.95. The summed E-state index contributed by atoms with van der Waals surface area (Å²) in [4.78, 5) is 4.32. The van der Waals surface area contributed by atoms with Crippen LogP contribution in [0.25, 0.3) is 11.4 Å². The van der Waals surface area contributed by atoms with Gasteiger partial charge >= 0.3 is 0 Å². The van der Waals surface area contributed by atoms with E-state index in [2.05, 4.69) is 15.5 Å².